The lowest BCUT2D eigenvalue weighted by Crippen LogP contribution is -2.06. The van der Waals surface area contributed by atoms with Crippen molar-refractivity contribution >= 4 is 5.78 Å². The minimum atomic E-state index is -0.0948. The molecule has 1 aromatic heterocycles. The molecule has 4 rings (SSSR count). The van der Waals surface area contributed by atoms with E-state index in [9.17, 15) is 4.79 Å². The van der Waals surface area contributed by atoms with Crippen molar-refractivity contribution in [3.8, 4) is 39.8 Å². The van der Waals surface area contributed by atoms with Crippen molar-refractivity contribution in [3.63, 3.8) is 0 Å². The van der Waals surface area contributed by atoms with Crippen LogP contribution in [0.15, 0.2) is 42.5 Å². The highest BCUT2D eigenvalue weighted by atomic mass is 16.5. The van der Waals surface area contributed by atoms with Crippen LogP contribution in [0.4, 0.5) is 0 Å². The number of hydrogen-bond acceptors (Lipinski definition) is 5. The van der Waals surface area contributed by atoms with Crippen LogP contribution in [0.25, 0.3) is 22.4 Å². The number of nitrogens with zero attached hydrogens (tertiary/aromatic N) is 1. The molecule has 0 N–H and O–H groups in total. The van der Waals surface area contributed by atoms with Crippen LogP contribution in [0, 0.1) is 0 Å². The molecule has 0 spiro atoms. The summed E-state index contributed by atoms with van der Waals surface area (Å²) in [6.45, 7) is 2.16. The SMILES string of the molecule is CCCCc1c(-c2ccccc2)nc(OC)c2c1-c1cc(OC)c(OC)cc1C2=O. The van der Waals surface area contributed by atoms with Gasteiger partial charge in [0, 0.05) is 16.7 Å². The molecule has 5 heteroatoms. The van der Waals surface area contributed by atoms with Crippen LogP contribution in [0.5, 0.6) is 17.4 Å². The second kappa shape index (κ2) is 8.19. The zero-order valence-corrected chi connectivity index (χ0v) is 17.7. The van der Waals surface area contributed by atoms with Crippen LogP contribution >= 0.6 is 0 Å². The lowest BCUT2D eigenvalue weighted by Gasteiger charge is -2.17. The van der Waals surface area contributed by atoms with Crippen LogP contribution in [-0.4, -0.2) is 32.1 Å². The number of carbonyl (C=O) groups is 1. The molecule has 0 unspecified atom stereocenters. The fourth-order valence-corrected chi connectivity index (χ4v) is 4.10. The zero-order valence-electron chi connectivity index (χ0n) is 17.7. The Bertz CT molecular complexity index is 1110. The van der Waals surface area contributed by atoms with Gasteiger partial charge in [-0.05, 0) is 36.1 Å². The first-order valence-corrected chi connectivity index (χ1v) is 10.1. The maximum absolute atomic E-state index is 13.4. The molecule has 0 saturated carbocycles. The molecule has 0 saturated heterocycles. The number of carbonyl (C=O) groups excluding carboxylic acids is 1. The maximum atomic E-state index is 13.4. The molecule has 1 aliphatic carbocycles. The normalized spacial score (nSPS) is 11.8. The largest absolute Gasteiger partial charge is 0.493 e. The molecule has 0 atom stereocenters. The van der Waals surface area contributed by atoms with Crippen molar-refractivity contribution in [1.82, 2.24) is 4.98 Å². The lowest BCUT2D eigenvalue weighted by atomic mass is 9.92. The first kappa shape index (κ1) is 20.0. The molecule has 30 heavy (non-hydrogen) atoms. The minimum absolute atomic E-state index is 0.0948. The summed E-state index contributed by atoms with van der Waals surface area (Å²) < 4.78 is 16.5. The summed E-state index contributed by atoms with van der Waals surface area (Å²) in [5.41, 5.74) is 5.78. The van der Waals surface area contributed by atoms with Gasteiger partial charge in [-0.2, -0.15) is 0 Å². The molecular weight excluding hydrogens is 378 g/mol. The van der Waals surface area contributed by atoms with Crippen molar-refractivity contribution in [2.75, 3.05) is 21.3 Å². The number of unbranched alkanes of at least 4 members (excludes halogenated alkanes) is 1. The first-order chi connectivity index (χ1) is 14.6. The summed E-state index contributed by atoms with van der Waals surface area (Å²) in [7, 11) is 4.72. The second-order valence-electron chi connectivity index (χ2n) is 7.25. The summed E-state index contributed by atoms with van der Waals surface area (Å²) >= 11 is 0. The molecule has 0 fully saturated rings. The number of ketones is 1. The standard InChI is InChI=1S/C25H25NO4/c1-5-6-12-16-21-17-13-19(28-2)20(29-3)14-18(17)24(27)22(21)25(30-4)26-23(16)15-10-8-7-9-11-15/h7-11,13-14H,5-6,12H2,1-4H3. The van der Waals surface area contributed by atoms with Crippen molar-refractivity contribution in [2.45, 2.75) is 26.2 Å². The van der Waals surface area contributed by atoms with Crippen LogP contribution in [0.2, 0.25) is 0 Å². The van der Waals surface area contributed by atoms with E-state index in [0.29, 0.717) is 28.5 Å². The summed E-state index contributed by atoms with van der Waals surface area (Å²) in [5, 5.41) is 0. The maximum Gasteiger partial charge on any atom is 0.225 e. The first-order valence-electron chi connectivity index (χ1n) is 10.1. The third kappa shape index (κ3) is 3.11. The van der Waals surface area contributed by atoms with Crippen LogP contribution < -0.4 is 14.2 Å². The van der Waals surface area contributed by atoms with E-state index < -0.39 is 0 Å². The summed E-state index contributed by atoms with van der Waals surface area (Å²) in [4.78, 5) is 18.2. The number of benzene rings is 2. The van der Waals surface area contributed by atoms with E-state index in [-0.39, 0.29) is 5.78 Å². The number of methoxy groups -OCH3 is 3. The van der Waals surface area contributed by atoms with Gasteiger partial charge in [-0.3, -0.25) is 4.79 Å². The van der Waals surface area contributed by atoms with E-state index in [0.717, 1.165) is 47.2 Å². The molecule has 0 amide bonds. The van der Waals surface area contributed by atoms with Gasteiger partial charge in [-0.15, -0.1) is 0 Å². The molecule has 2 aromatic carbocycles. The van der Waals surface area contributed by atoms with E-state index in [1.54, 1.807) is 27.4 Å². The highest BCUT2D eigenvalue weighted by Crippen LogP contribution is 2.49. The fraction of sp³-hybridized carbons (Fsp3) is 0.280. The molecule has 5 nitrogen and oxygen atoms in total. The predicted molar refractivity (Wildman–Crippen MR) is 117 cm³/mol. The minimum Gasteiger partial charge on any atom is -0.493 e. The van der Waals surface area contributed by atoms with E-state index in [1.165, 1.54) is 0 Å². The Kier molecular flexibility index (Phi) is 5.44. The van der Waals surface area contributed by atoms with Gasteiger partial charge in [0.05, 0.1) is 32.6 Å². The van der Waals surface area contributed by atoms with Crippen molar-refractivity contribution in [2.24, 2.45) is 0 Å². The Balaban J connectivity index is 2.07. The number of pyridine rings is 1. The van der Waals surface area contributed by atoms with Gasteiger partial charge < -0.3 is 14.2 Å². The number of ether oxygens (including phenoxy) is 3. The van der Waals surface area contributed by atoms with Gasteiger partial charge in [-0.1, -0.05) is 43.7 Å². The van der Waals surface area contributed by atoms with Crippen molar-refractivity contribution in [1.29, 1.82) is 0 Å². The number of hydrogen-bond donors (Lipinski definition) is 0. The second-order valence-corrected chi connectivity index (χ2v) is 7.25. The molecule has 154 valence electrons. The third-order valence-electron chi connectivity index (χ3n) is 5.55. The van der Waals surface area contributed by atoms with Crippen LogP contribution in [0.1, 0.15) is 41.3 Å². The molecular formula is C25H25NO4. The van der Waals surface area contributed by atoms with Crippen molar-refractivity contribution < 1.29 is 19.0 Å². The van der Waals surface area contributed by atoms with E-state index in [4.69, 9.17) is 19.2 Å². The molecule has 3 aromatic rings. The van der Waals surface area contributed by atoms with E-state index in [2.05, 4.69) is 6.92 Å². The Morgan fingerprint density at radius 1 is 0.867 bits per heavy atom. The topological polar surface area (TPSA) is 57.6 Å². The molecule has 0 aliphatic heterocycles. The smallest absolute Gasteiger partial charge is 0.225 e. The van der Waals surface area contributed by atoms with Crippen LogP contribution in [-0.2, 0) is 6.42 Å². The van der Waals surface area contributed by atoms with Gasteiger partial charge in [-0.25, -0.2) is 4.98 Å². The molecule has 0 bridgehead atoms. The Morgan fingerprint density at radius 2 is 1.53 bits per heavy atom. The predicted octanol–water partition coefficient (Wildman–Crippen LogP) is 5.33. The van der Waals surface area contributed by atoms with E-state index in [1.807, 2.05) is 36.4 Å². The fourth-order valence-electron chi connectivity index (χ4n) is 4.10. The third-order valence-corrected chi connectivity index (χ3v) is 5.55. The van der Waals surface area contributed by atoms with Crippen molar-refractivity contribution in [3.05, 3.63) is 59.2 Å². The Morgan fingerprint density at radius 3 is 2.13 bits per heavy atom. The highest BCUT2D eigenvalue weighted by molar-refractivity contribution is 6.24. The average molecular weight is 403 g/mol. The quantitative estimate of drug-likeness (QED) is 0.417. The zero-order chi connectivity index (χ0) is 21.3. The average Bonchev–Trinajstić information content (AvgIpc) is 3.08. The van der Waals surface area contributed by atoms with Gasteiger partial charge in [0.2, 0.25) is 5.88 Å². The van der Waals surface area contributed by atoms with Gasteiger partial charge in [0.25, 0.3) is 0 Å². The summed E-state index contributed by atoms with van der Waals surface area (Å²) in [5.74, 6) is 1.38. The summed E-state index contributed by atoms with van der Waals surface area (Å²) in [6, 6.07) is 13.7. The monoisotopic (exact) mass is 403 g/mol. The summed E-state index contributed by atoms with van der Waals surface area (Å²) in [6.07, 6.45) is 2.86. The number of fused-ring (bicyclic) bond motifs is 3. The van der Waals surface area contributed by atoms with Gasteiger partial charge >= 0.3 is 0 Å². The highest BCUT2D eigenvalue weighted by Gasteiger charge is 2.36. The van der Waals surface area contributed by atoms with E-state index >= 15 is 0 Å². The Labute approximate surface area is 176 Å². The molecule has 0 radical (unpaired) electrons. The Hall–Kier alpha value is -3.34. The molecule has 1 heterocycles. The molecule has 1 aliphatic rings. The van der Waals surface area contributed by atoms with Crippen LogP contribution in [0.3, 0.4) is 0 Å². The van der Waals surface area contributed by atoms with Gasteiger partial charge in [0.15, 0.2) is 17.3 Å². The van der Waals surface area contributed by atoms with Gasteiger partial charge in [0.1, 0.15) is 0 Å². The number of rotatable bonds is 7. The number of aromatic nitrogens is 1. The lowest BCUT2D eigenvalue weighted by molar-refractivity contribution is 0.103.